The van der Waals surface area contributed by atoms with Crippen LogP contribution in [0.5, 0.6) is 0 Å². The third-order valence-corrected chi connectivity index (χ3v) is 6.53. The van der Waals surface area contributed by atoms with Crippen LogP contribution in [0.15, 0.2) is 30.6 Å². The molecule has 144 valence electrons. The zero-order chi connectivity index (χ0) is 18.8. The van der Waals surface area contributed by atoms with Crippen molar-refractivity contribution in [1.29, 1.82) is 0 Å². The molecule has 0 radical (unpaired) electrons. The van der Waals surface area contributed by atoms with Crippen LogP contribution in [0.25, 0.3) is 11.1 Å². The molecular weight excluding hydrogens is 362 g/mol. The quantitative estimate of drug-likeness (QED) is 0.877. The first kappa shape index (κ1) is 18.4. The van der Waals surface area contributed by atoms with Gasteiger partial charge in [-0.3, -0.25) is 9.78 Å². The number of aliphatic hydroxyl groups excluding tert-OH is 1. The number of aromatic nitrogens is 1. The Kier molecular flexibility index (Phi) is 5.43. The summed E-state index contributed by atoms with van der Waals surface area (Å²) in [4.78, 5) is 22.3. The van der Waals surface area contributed by atoms with Crippen LogP contribution in [-0.4, -0.2) is 66.4 Å². The Morgan fingerprint density at radius 1 is 1.33 bits per heavy atom. The lowest BCUT2D eigenvalue weighted by molar-refractivity contribution is 0.0300. The highest BCUT2D eigenvalue weighted by atomic mass is 32.1. The van der Waals surface area contributed by atoms with E-state index in [0.717, 1.165) is 34.1 Å². The fraction of sp³-hybridized carbons (Fsp3) is 0.500. The number of rotatable bonds is 3. The first-order chi connectivity index (χ1) is 13.1. The van der Waals surface area contributed by atoms with Gasteiger partial charge in [-0.1, -0.05) is 13.0 Å². The standard InChI is InChI=1S/C20H25N3O3S/c1-14-13-23(6-4-17(14)24)19(25)18-11-16(15-3-2-5-21-12-15)20(27-18)22-7-9-26-10-8-22/h2-3,5,11-12,14,17,24H,4,6-10,13H2,1H3. The number of ether oxygens (including phenoxy) is 1. The average Bonchev–Trinajstić information content (AvgIpc) is 3.16. The normalized spacial score (nSPS) is 23.5. The van der Waals surface area contributed by atoms with Crippen molar-refractivity contribution in [2.45, 2.75) is 19.4 Å². The van der Waals surface area contributed by atoms with Crippen LogP contribution in [0, 0.1) is 5.92 Å². The average molecular weight is 388 g/mol. The van der Waals surface area contributed by atoms with Crippen LogP contribution in [0.3, 0.4) is 0 Å². The number of anilines is 1. The number of carbonyl (C=O) groups excluding carboxylic acids is 1. The molecule has 1 N–H and O–H groups in total. The lowest BCUT2D eigenvalue weighted by Crippen LogP contribution is -2.44. The van der Waals surface area contributed by atoms with Crippen molar-refractivity contribution >= 4 is 22.2 Å². The van der Waals surface area contributed by atoms with Crippen molar-refractivity contribution in [2.75, 3.05) is 44.3 Å². The Labute approximate surface area is 163 Å². The van der Waals surface area contributed by atoms with Gasteiger partial charge in [0, 0.05) is 49.7 Å². The predicted molar refractivity (Wildman–Crippen MR) is 106 cm³/mol. The van der Waals surface area contributed by atoms with E-state index in [0.29, 0.717) is 32.7 Å². The summed E-state index contributed by atoms with van der Waals surface area (Å²) in [6.45, 7) is 6.27. The van der Waals surface area contributed by atoms with Crippen LogP contribution in [-0.2, 0) is 4.74 Å². The van der Waals surface area contributed by atoms with Crippen molar-refractivity contribution in [3.63, 3.8) is 0 Å². The van der Waals surface area contributed by atoms with E-state index >= 15 is 0 Å². The molecule has 27 heavy (non-hydrogen) atoms. The number of amides is 1. The third-order valence-electron chi connectivity index (χ3n) is 5.34. The minimum Gasteiger partial charge on any atom is -0.393 e. The summed E-state index contributed by atoms with van der Waals surface area (Å²) in [5.41, 5.74) is 2.08. The summed E-state index contributed by atoms with van der Waals surface area (Å²) in [7, 11) is 0. The Balaban J connectivity index is 1.65. The molecule has 2 unspecified atom stereocenters. The molecule has 2 aromatic rings. The van der Waals surface area contributed by atoms with Gasteiger partial charge >= 0.3 is 0 Å². The molecule has 2 aliphatic rings. The van der Waals surface area contributed by atoms with Crippen LogP contribution < -0.4 is 4.90 Å². The molecule has 4 rings (SSSR count). The van der Waals surface area contributed by atoms with Gasteiger partial charge in [-0.25, -0.2) is 0 Å². The molecule has 2 aromatic heterocycles. The molecule has 2 aliphatic heterocycles. The molecule has 0 aromatic carbocycles. The van der Waals surface area contributed by atoms with Gasteiger partial charge in [0.25, 0.3) is 5.91 Å². The van der Waals surface area contributed by atoms with Gasteiger partial charge in [0.05, 0.1) is 29.2 Å². The zero-order valence-electron chi connectivity index (χ0n) is 15.5. The number of aliphatic hydroxyl groups is 1. The zero-order valence-corrected chi connectivity index (χ0v) is 16.3. The highest BCUT2D eigenvalue weighted by Gasteiger charge is 2.30. The van der Waals surface area contributed by atoms with Crippen molar-refractivity contribution < 1.29 is 14.6 Å². The second-order valence-corrected chi connectivity index (χ2v) is 8.29. The van der Waals surface area contributed by atoms with Crippen LogP contribution in [0.2, 0.25) is 0 Å². The van der Waals surface area contributed by atoms with E-state index in [2.05, 4.69) is 9.88 Å². The fourth-order valence-corrected chi connectivity index (χ4v) is 4.89. The minimum absolute atomic E-state index is 0.0587. The van der Waals surface area contributed by atoms with Gasteiger partial charge in [-0.2, -0.15) is 0 Å². The molecule has 1 amide bonds. The SMILES string of the molecule is CC1CN(C(=O)c2cc(-c3cccnc3)c(N3CCOCC3)s2)CCC1O. The van der Waals surface area contributed by atoms with Gasteiger partial charge in [0.2, 0.25) is 0 Å². The number of pyridine rings is 1. The van der Waals surface area contributed by atoms with E-state index in [4.69, 9.17) is 4.74 Å². The summed E-state index contributed by atoms with van der Waals surface area (Å²) in [5.74, 6) is 0.169. The minimum atomic E-state index is -0.313. The predicted octanol–water partition coefficient (Wildman–Crippen LogP) is 2.49. The van der Waals surface area contributed by atoms with Gasteiger partial charge in [0.1, 0.15) is 0 Å². The number of thiophene rings is 1. The Morgan fingerprint density at radius 3 is 2.85 bits per heavy atom. The smallest absolute Gasteiger partial charge is 0.264 e. The second kappa shape index (κ2) is 7.96. The van der Waals surface area contributed by atoms with E-state index < -0.39 is 0 Å². The maximum Gasteiger partial charge on any atom is 0.264 e. The topological polar surface area (TPSA) is 65.9 Å². The second-order valence-electron chi connectivity index (χ2n) is 7.26. The molecule has 0 saturated carbocycles. The van der Waals surface area contributed by atoms with E-state index in [1.165, 1.54) is 0 Å². The molecular formula is C20H25N3O3S. The highest BCUT2D eigenvalue weighted by Crippen LogP contribution is 2.40. The summed E-state index contributed by atoms with van der Waals surface area (Å²) < 4.78 is 5.49. The summed E-state index contributed by atoms with van der Waals surface area (Å²) >= 11 is 1.55. The van der Waals surface area contributed by atoms with Gasteiger partial charge in [-0.05, 0) is 24.5 Å². The molecule has 2 fully saturated rings. The summed E-state index contributed by atoms with van der Waals surface area (Å²) in [5, 5.41) is 11.1. The number of morpholine rings is 1. The number of piperidine rings is 1. The lowest BCUT2D eigenvalue weighted by atomic mass is 9.96. The molecule has 0 aliphatic carbocycles. The summed E-state index contributed by atoms with van der Waals surface area (Å²) in [6, 6.07) is 5.96. The van der Waals surface area contributed by atoms with E-state index in [-0.39, 0.29) is 17.9 Å². The number of hydrogen-bond acceptors (Lipinski definition) is 6. The Morgan fingerprint density at radius 2 is 2.15 bits per heavy atom. The maximum atomic E-state index is 13.1. The van der Waals surface area contributed by atoms with Crippen LogP contribution in [0.1, 0.15) is 23.0 Å². The maximum absolute atomic E-state index is 13.1. The van der Waals surface area contributed by atoms with Gasteiger partial charge in [-0.15, -0.1) is 11.3 Å². The molecule has 0 spiro atoms. The number of hydrogen-bond donors (Lipinski definition) is 1. The Hall–Kier alpha value is -1.96. The molecule has 4 heterocycles. The summed E-state index contributed by atoms with van der Waals surface area (Å²) in [6.07, 6.45) is 3.94. The number of nitrogens with zero attached hydrogens (tertiary/aromatic N) is 3. The largest absolute Gasteiger partial charge is 0.393 e. The van der Waals surface area contributed by atoms with E-state index in [1.54, 1.807) is 17.5 Å². The molecule has 0 bridgehead atoms. The van der Waals surface area contributed by atoms with Crippen molar-refractivity contribution in [2.24, 2.45) is 5.92 Å². The van der Waals surface area contributed by atoms with Crippen molar-refractivity contribution in [3.05, 3.63) is 35.5 Å². The van der Waals surface area contributed by atoms with Gasteiger partial charge < -0.3 is 19.6 Å². The fourth-order valence-electron chi connectivity index (χ4n) is 3.69. The molecule has 6 nitrogen and oxygen atoms in total. The van der Waals surface area contributed by atoms with Crippen LogP contribution >= 0.6 is 11.3 Å². The van der Waals surface area contributed by atoms with Crippen LogP contribution in [0.4, 0.5) is 5.00 Å². The monoisotopic (exact) mass is 387 g/mol. The number of likely N-dealkylation sites (tertiary alicyclic amines) is 1. The lowest BCUT2D eigenvalue weighted by Gasteiger charge is -2.34. The Bertz CT molecular complexity index is 789. The van der Waals surface area contributed by atoms with E-state index in [9.17, 15) is 9.90 Å². The highest BCUT2D eigenvalue weighted by molar-refractivity contribution is 7.18. The first-order valence-electron chi connectivity index (χ1n) is 9.47. The molecule has 7 heteroatoms. The van der Waals surface area contributed by atoms with E-state index in [1.807, 2.05) is 36.2 Å². The van der Waals surface area contributed by atoms with Gasteiger partial charge in [0.15, 0.2) is 0 Å². The van der Waals surface area contributed by atoms with Crippen molar-refractivity contribution in [3.8, 4) is 11.1 Å². The first-order valence-corrected chi connectivity index (χ1v) is 10.3. The van der Waals surface area contributed by atoms with Crippen molar-refractivity contribution in [1.82, 2.24) is 9.88 Å². The number of carbonyl (C=O) groups is 1. The molecule has 2 saturated heterocycles. The molecule has 2 atom stereocenters. The third kappa shape index (κ3) is 3.85.